The van der Waals surface area contributed by atoms with Crippen LogP contribution >= 0.6 is 22.9 Å². The molecule has 1 aliphatic heterocycles. The number of H-pyrrole nitrogens is 1. The van der Waals surface area contributed by atoms with E-state index in [0.717, 1.165) is 28.8 Å². The monoisotopic (exact) mass is 386 g/mol. The number of amides is 2. The van der Waals surface area contributed by atoms with E-state index in [9.17, 15) is 9.59 Å². The summed E-state index contributed by atoms with van der Waals surface area (Å²) in [5.74, 6) is 0. The predicted octanol–water partition coefficient (Wildman–Crippen LogP) is 4.19. The molecule has 0 unspecified atom stereocenters. The SMILES string of the molecule is O=Cc1sccc1-c1n[nH]c2c1CN(C(=O)Nc1cccc(Cl)c1)CC2. The quantitative estimate of drug-likeness (QED) is 0.662. The molecule has 2 aromatic heterocycles. The van der Waals surface area contributed by atoms with E-state index in [1.54, 1.807) is 29.2 Å². The summed E-state index contributed by atoms with van der Waals surface area (Å²) in [7, 11) is 0. The number of halogens is 1. The molecule has 0 radical (unpaired) electrons. The molecule has 4 rings (SSSR count). The molecule has 6 nitrogen and oxygen atoms in total. The Kier molecular flexibility index (Phi) is 4.48. The van der Waals surface area contributed by atoms with E-state index in [0.29, 0.717) is 35.1 Å². The molecule has 0 saturated carbocycles. The topological polar surface area (TPSA) is 78.1 Å². The van der Waals surface area contributed by atoms with E-state index < -0.39 is 0 Å². The lowest BCUT2D eigenvalue weighted by molar-refractivity contribution is 0.112. The molecule has 0 atom stereocenters. The Bertz CT molecular complexity index is 981. The van der Waals surface area contributed by atoms with Crippen LogP contribution in [0.5, 0.6) is 0 Å². The van der Waals surface area contributed by atoms with Gasteiger partial charge in [-0.2, -0.15) is 5.10 Å². The number of urea groups is 1. The highest BCUT2D eigenvalue weighted by atomic mass is 35.5. The van der Waals surface area contributed by atoms with Crippen LogP contribution < -0.4 is 5.32 Å². The normalized spacial score (nSPS) is 13.3. The highest BCUT2D eigenvalue weighted by Crippen LogP contribution is 2.32. The van der Waals surface area contributed by atoms with E-state index in [2.05, 4.69) is 15.5 Å². The standard InChI is InChI=1S/C18H15ClN4O2S/c19-11-2-1-3-12(8-11)20-18(25)23-6-4-15-14(9-23)17(22-21-15)13-5-7-26-16(13)10-24/h1-3,5,7-8,10H,4,6,9H2,(H,20,25)(H,21,22). The number of anilines is 1. The fourth-order valence-corrected chi connectivity index (χ4v) is 3.96. The summed E-state index contributed by atoms with van der Waals surface area (Å²) in [6.45, 7) is 1.02. The molecule has 0 spiro atoms. The van der Waals surface area contributed by atoms with E-state index in [1.807, 2.05) is 11.4 Å². The summed E-state index contributed by atoms with van der Waals surface area (Å²) in [6.07, 6.45) is 1.53. The average Bonchev–Trinajstić information content (AvgIpc) is 3.27. The van der Waals surface area contributed by atoms with Crippen LogP contribution in [0.15, 0.2) is 35.7 Å². The van der Waals surface area contributed by atoms with E-state index in [-0.39, 0.29) is 6.03 Å². The Labute approximate surface area is 158 Å². The molecule has 2 amide bonds. The first-order valence-corrected chi connectivity index (χ1v) is 9.32. The van der Waals surface area contributed by atoms with E-state index in [4.69, 9.17) is 11.6 Å². The van der Waals surface area contributed by atoms with Gasteiger partial charge in [-0.05, 0) is 29.6 Å². The number of aromatic amines is 1. The first-order valence-electron chi connectivity index (χ1n) is 8.06. The molecule has 3 aromatic rings. The van der Waals surface area contributed by atoms with Gasteiger partial charge in [-0.25, -0.2) is 4.79 Å². The number of nitrogens with zero attached hydrogens (tertiary/aromatic N) is 2. The first-order chi connectivity index (χ1) is 12.7. The Morgan fingerprint density at radius 1 is 1.38 bits per heavy atom. The van der Waals surface area contributed by atoms with Gasteiger partial charge in [0.25, 0.3) is 0 Å². The number of benzene rings is 1. The van der Waals surface area contributed by atoms with Gasteiger partial charge in [0.1, 0.15) is 0 Å². The number of carbonyl (C=O) groups is 2. The van der Waals surface area contributed by atoms with Crippen LogP contribution in [0.4, 0.5) is 10.5 Å². The van der Waals surface area contributed by atoms with Gasteiger partial charge < -0.3 is 10.2 Å². The van der Waals surface area contributed by atoms with Gasteiger partial charge in [-0.1, -0.05) is 17.7 Å². The molecule has 8 heteroatoms. The molecule has 0 saturated heterocycles. The lowest BCUT2D eigenvalue weighted by Crippen LogP contribution is -2.38. The van der Waals surface area contributed by atoms with Crippen LogP contribution in [0.2, 0.25) is 5.02 Å². The Balaban J connectivity index is 1.57. The summed E-state index contributed by atoms with van der Waals surface area (Å²) in [5.41, 5.74) is 4.17. The Morgan fingerprint density at radius 2 is 2.27 bits per heavy atom. The minimum absolute atomic E-state index is 0.189. The zero-order chi connectivity index (χ0) is 18.1. The van der Waals surface area contributed by atoms with Gasteiger partial charge in [-0.15, -0.1) is 11.3 Å². The number of hydrogen-bond donors (Lipinski definition) is 2. The maximum absolute atomic E-state index is 12.6. The first kappa shape index (κ1) is 16.8. The molecule has 26 heavy (non-hydrogen) atoms. The lowest BCUT2D eigenvalue weighted by Gasteiger charge is -2.27. The summed E-state index contributed by atoms with van der Waals surface area (Å²) in [5, 5.41) is 12.7. The van der Waals surface area contributed by atoms with Crippen molar-refractivity contribution in [3.63, 3.8) is 0 Å². The largest absolute Gasteiger partial charge is 0.322 e. The maximum Gasteiger partial charge on any atom is 0.322 e. The van der Waals surface area contributed by atoms with Crippen LogP contribution in [0.3, 0.4) is 0 Å². The summed E-state index contributed by atoms with van der Waals surface area (Å²) in [4.78, 5) is 26.2. The van der Waals surface area contributed by atoms with Crippen LogP contribution in [0.1, 0.15) is 20.9 Å². The molecule has 0 bridgehead atoms. The third kappa shape index (κ3) is 3.11. The van der Waals surface area contributed by atoms with Crippen molar-refractivity contribution < 1.29 is 9.59 Å². The number of carbonyl (C=O) groups excluding carboxylic acids is 2. The van der Waals surface area contributed by atoms with Gasteiger partial charge in [0.15, 0.2) is 6.29 Å². The maximum atomic E-state index is 12.6. The number of hydrogen-bond acceptors (Lipinski definition) is 4. The zero-order valence-corrected chi connectivity index (χ0v) is 15.2. The second-order valence-electron chi connectivity index (χ2n) is 5.96. The van der Waals surface area contributed by atoms with Gasteiger partial charge in [-0.3, -0.25) is 9.89 Å². The average molecular weight is 387 g/mol. The Morgan fingerprint density at radius 3 is 3.08 bits per heavy atom. The third-order valence-corrected chi connectivity index (χ3v) is 5.43. The lowest BCUT2D eigenvalue weighted by atomic mass is 10.0. The molecule has 1 aromatic carbocycles. The number of rotatable bonds is 3. The minimum Gasteiger partial charge on any atom is -0.320 e. The second kappa shape index (κ2) is 6.93. The van der Waals surface area contributed by atoms with Gasteiger partial charge >= 0.3 is 6.03 Å². The molecule has 2 N–H and O–H groups in total. The molecule has 0 fully saturated rings. The number of nitrogens with one attached hydrogen (secondary N) is 2. The summed E-state index contributed by atoms with van der Waals surface area (Å²) >= 11 is 7.35. The molecule has 1 aliphatic rings. The molecular formula is C18H15ClN4O2S. The highest BCUT2D eigenvalue weighted by molar-refractivity contribution is 7.12. The van der Waals surface area contributed by atoms with Crippen molar-refractivity contribution in [2.45, 2.75) is 13.0 Å². The Hall–Kier alpha value is -2.64. The van der Waals surface area contributed by atoms with E-state index >= 15 is 0 Å². The predicted molar refractivity (Wildman–Crippen MR) is 102 cm³/mol. The smallest absolute Gasteiger partial charge is 0.320 e. The molecular weight excluding hydrogens is 372 g/mol. The van der Waals surface area contributed by atoms with Crippen LogP contribution in [-0.2, 0) is 13.0 Å². The number of aldehydes is 1. The van der Waals surface area contributed by atoms with Crippen molar-refractivity contribution in [3.05, 3.63) is 56.9 Å². The van der Waals surface area contributed by atoms with Crippen molar-refractivity contribution in [2.75, 3.05) is 11.9 Å². The fourth-order valence-electron chi connectivity index (χ4n) is 3.07. The number of aromatic nitrogens is 2. The molecule has 3 heterocycles. The minimum atomic E-state index is -0.189. The van der Waals surface area contributed by atoms with Gasteiger partial charge in [0.05, 0.1) is 17.1 Å². The number of fused-ring (bicyclic) bond motifs is 1. The van der Waals surface area contributed by atoms with E-state index in [1.165, 1.54) is 11.3 Å². The third-order valence-electron chi connectivity index (χ3n) is 4.35. The van der Waals surface area contributed by atoms with Crippen molar-refractivity contribution >= 4 is 40.9 Å². The summed E-state index contributed by atoms with van der Waals surface area (Å²) in [6, 6.07) is 8.75. The van der Waals surface area contributed by atoms with Crippen LogP contribution in [0, 0.1) is 0 Å². The molecule has 0 aliphatic carbocycles. The van der Waals surface area contributed by atoms with Crippen molar-refractivity contribution in [1.29, 1.82) is 0 Å². The van der Waals surface area contributed by atoms with Crippen molar-refractivity contribution in [2.24, 2.45) is 0 Å². The zero-order valence-electron chi connectivity index (χ0n) is 13.7. The van der Waals surface area contributed by atoms with Crippen molar-refractivity contribution in [3.8, 4) is 11.3 Å². The van der Waals surface area contributed by atoms with Crippen LogP contribution in [0.25, 0.3) is 11.3 Å². The van der Waals surface area contributed by atoms with Gasteiger partial charge in [0, 0.05) is 40.5 Å². The number of thiophene rings is 1. The van der Waals surface area contributed by atoms with Crippen LogP contribution in [-0.4, -0.2) is 34.0 Å². The molecule has 132 valence electrons. The highest BCUT2D eigenvalue weighted by Gasteiger charge is 2.26. The summed E-state index contributed by atoms with van der Waals surface area (Å²) < 4.78 is 0. The van der Waals surface area contributed by atoms with Crippen molar-refractivity contribution in [1.82, 2.24) is 15.1 Å². The second-order valence-corrected chi connectivity index (χ2v) is 7.34. The van der Waals surface area contributed by atoms with Gasteiger partial charge in [0.2, 0.25) is 0 Å². The fraction of sp³-hybridized carbons (Fsp3) is 0.167.